The SMILES string of the molecule is C=CC1COC(c2ccc(-c3ccc(-c4ccc(CCCCC)c(F)c4F)cc3)c(F)c2F)OC1. The zero-order valence-corrected chi connectivity index (χ0v) is 19.6. The van der Waals surface area contributed by atoms with E-state index < -0.39 is 29.6 Å². The molecule has 0 N–H and O–H groups in total. The molecule has 0 saturated carbocycles. The lowest BCUT2D eigenvalue weighted by atomic mass is 9.96. The largest absolute Gasteiger partial charge is 0.348 e. The second-order valence-electron chi connectivity index (χ2n) is 8.76. The Morgan fingerprint density at radius 1 is 0.771 bits per heavy atom. The van der Waals surface area contributed by atoms with Crippen LogP contribution in [0.5, 0.6) is 0 Å². The van der Waals surface area contributed by atoms with Crippen LogP contribution in [0.15, 0.2) is 61.2 Å². The van der Waals surface area contributed by atoms with Crippen molar-refractivity contribution in [1.82, 2.24) is 0 Å². The van der Waals surface area contributed by atoms with Gasteiger partial charge in [0.05, 0.1) is 13.2 Å². The van der Waals surface area contributed by atoms with Crippen LogP contribution in [0.2, 0.25) is 0 Å². The molecular weight excluding hydrogens is 456 g/mol. The second kappa shape index (κ2) is 11.2. The van der Waals surface area contributed by atoms with Crippen LogP contribution in [0.1, 0.15) is 43.6 Å². The Kier molecular flexibility index (Phi) is 8.04. The zero-order valence-electron chi connectivity index (χ0n) is 19.6. The molecule has 4 rings (SSSR count). The summed E-state index contributed by atoms with van der Waals surface area (Å²) in [5, 5.41) is 0. The molecule has 0 amide bonds. The zero-order chi connectivity index (χ0) is 24.9. The average molecular weight is 485 g/mol. The Labute approximate surface area is 203 Å². The molecule has 0 radical (unpaired) electrons. The van der Waals surface area contributed by atoms with E-state index >= 15 is 0 Å². The topological polar surface area (TPSA) is 18.5 Å². The van der Waals surface area contributed by atoms with Gasteiger partial charge in [0.15, 0.2) is 29.6 Å². The molecule has 0 aromatic heterocycles. The van der Waals surface area contributed by atoms with Crippen molar-refractivity contribution in [2.75, 3.05) is 13.2 Å². The van der Waals surface area contributed by atoms with Crippen molar-refractivity contribution in [1.29, 1.82) is 0 Å². The Balaban J connectivity index is 1.55. The molecule has 35 heavy (non-hydrogen) atoms. The van der Waals surface area contributed by atoms with E-state index in [2.05, 4.69) is 13.5 Å². The fourth-order valence-electron chi connectivity index (χ4n) is 4.20. The molecule has 0 atom stereocenters. The summed E-state index contributed by atoms with van der Waals surface area (Å²) in [6, 6.07) is 12.3. The minimum atomic E-state index is -1.04. The number of hydrogen-bond acceptors (Lipinski definition) is 2. The van der Waals surface area contributed by atoms with Gasteiger partial charge in [-0.15, -0.1) is 6.58 Å². The first-order valence-electron chi connectivity index (χ1n) is 11.9. The maximum Gasteiger partial charge on any atom is 0.186 e. The normalized spacial score (nSPS) is 18.0. The molecule has 184 valence electrons. The van der Waals surface area contributed by atoms with Crippen LogP contribution in [-0.2, 0) is 15.9 Å². The van der Waals surface area contributed by atoms with E-state index in [0.717, 1.165) is 19.3 Å². The smallest absolute Gasteiger partial charge is 0.186 e. The summed E-state index contributed by atoms with van der Waals surface area (Å²) in [7, 11) is 0. The van der Waals surface area contributed by atoms with E-state index in [1.165, 1.54) is 12.1 Å². The first-order chi connectivity index (χ1) is 16.9. The van der Waals surface area contributed by atoms with Crippen LogP contribution in [-0.4, -0.2) is 13.2 Å². The monoisotopic (exact) mass is 484 g/mol. The van der Waals surface area contributed by atoms with Crippen molar-refractivity contribution < 1.29 is 27.0 Å². The summed E-state index contributed by atoms with van der Waals surface area (Å²) in [6.45, 7) is 6.36. The Hall–Kier alpha value is -2.96. The molecule has 1 heterocycles. The molecule has 0 spiro atoms. The van der Waals surface area contributed by atoms with E-state index in [-0.39, 0.29) is 22.6 Å². The van der Waals surface area contributed by atoms with Gasteiger partial charge in [-0.25, -0.2) is 17.6 Å². The van der Waals surface area contributed by atoms with E-state index in [1.54, 1.807) is 42.5 Å². The lowest BCUT2D eigenvalue weighted by molar-refractivity contribution is -0.198. The molecule has 2 nitrogen and oxygen atoms in total. The van der Waals surface area contributed by atoms with Gasteiger partial charge in [-0.2, -0.15) is 0 Å². The number of ether oxygens (including phenoxy) is 2. The highest BCUT2D eigenvalue weighted by molar-refractivity contribution is 5.71. The second-order valence-corrected chi connectivity index (χ2v) is 8.76. The molecule has 0 unspecified atom stereocenters. The van der Waals surface area contributed by atoms with E-state index in [1.807, 2.05) is 0 Å². The standard InChI is InChI=1S/C29H28F4O2/c1-3-5-6-7-21-12-13-22(26(31)25(21)30)19-8-10-20(11-9-19)23-14-15-24(28(33)27(23)32)29-34-16-18(4-2)17-35-29/h4,8-15,18,29H,2-3,5-7,16-17H2,1H3. The lowest BCUT2D eigenvalue weighted by Crippen LogP contribution is -2.26. The van der Waals surface area contributed by atoms with Gasteiger partial charge in [-0.1, -0.05) is 74.4 Å². The lowest BCUT2D eigenvalue weighted by Gasteiger charge is -2.28. The molecule has 3 aromatic carbocycles. The van der Waals surface area contributed by atoms with Crippen LogP contribution in [0.4, 0.5) is 17.6 Å². The number of benzene rings is 3. The highest BCUT2D eigenvalue weighted by atomic mass is 19.2. The average Bonchev–Trinajstić information content (AvgIpc) is 2.89. The van der Waals surface area contributed by atoms with Crippen molar-refractivity contribution in [2.24, 2.45) is 5.92 Å². The molecule has 0 aliphatic carbocycles. The van der Waals surface area contributed by atoms with Crippen molar-refractivity contribution in [3.63, 3.8) is 0 Å². The minimum Gasteiger partial charge on any atom is -0.348 e. The predicted octanol–water partition coefficient (Wildman–Crippen LogP) is 8.16. The summed E-state index contributed by atoms with van der Waals surface area (Å²) in [5.74, 6) is -3.80. The fraction of sp³-hybridized carbons (Fsp3) is 0.310. The van der Waals surface area contributed by atoms with Crippen molar-refractivity contribution in [2.45, 2.75) is 38.9 Å². The highest BCUT2D eigenvalue weighted by Crippen LogP contribution is 2.34. The first kappa shape index (κ1) is 25.1. The van der Waals surface area contributed by atoms with Gasteiger partial charge in [0.2, 0.25) is 0 Å². The third kappa shape index (κ3) is 5.34. The van der Waals surface area contributed by atoms with Crippen LogP contribution in [0.25, 0.3) is 22.3 Å². The van der Waals surface area contributed by atoms with Crippen LogP contribution >= 0.6 is 0 Å². The predicted molar refractivity (Wildman–Crippen MR) is 129 cm³/mol. The molecule has 1 aliphatic heterocycles. The summed E-state index contributed by atoms with van der Waals surface area (Å²) >= 11 is 0. The third-order valence-electron chi connectivity index (χ3n) is 6.34. The highest BCUT2D eigenvalue weighted by Gasteiger charge is 2.27. The summed E-state index contributed by atoms with van der Waals surface area (Å²) in [4.78, 5) is 0. The maximum atomic E-state index is 14.9. The van der Waals surface area contributed by atoms with Crippen LogP contribution in [0, 0.1) is 29.2 Å². The number of aryl methyl sites for hydroxylation is 1. The molecule has 1 aliphatic rings. The van der Waals surface area contributed by atoms with E-state index in [9.17, 15) is 17.6 Å². The number of hydrogen-bond donors (Lipinski definition) is 0. The quantitative estimate of drug-likeness (QED) is 0.182. The van der Waals surface area contributed by atoms with Gasteiger partial charge < -0.3 is 9.47 Å². The molecule has 3 aromatic rings. The number of rotatable bonds is 8. The Morgan fingerprint density at radius 3 is 1.91 bits per heavy atom. The van der Waals surface area contributed by atoms with Gasteiger partial charge in [-0.3, -0.25) is 0 Å². The summed E-state index contributed by atoms with van der Waals surface area (Å²) < 4.78 is 70.1. The van der Waals surface area contributed by atoms with Crippen LogP contribution < -0.4 is 0 Å². The number of unbranched alkanes of at least 4 members (excludes halogenated alkanes) is 2. The Morgan fingerprint density at radius 2 is 1.34 bits per heavy atom. The van der Waals surface area contributed by atoms with E-state index in [0.29, 0.717) is 36.3 Å². The van der Waals surface area contributed by atoms with Gasteiger partial charge in [0.25, 0.3) is 0 Å². The fourth-order valence-corrected chi connectivity index (χ4v) is 4.20. The Bertz CT molecular complexity index is 1180. The number of halogens is 4. The van der Waals surface area contributed by atoms with Crippen molar-refractivity contribution >= 4 is 0 Å². The maximum absolute atomic E-state index is 14.9. The van der Waals surface area contributed by atoms with Gasteiger partial charge >= 0.3 is 0 Å². The molecule has 6 heteroatoms. The molecular formula is C29H28F4O2. The van der Waals surface area contributed by atoms with Gasteiger partial charge in [0, 0.05) is 22.6 Å². The molecule has 1 saturated heterocycles. The molecule has 1 fully saturated rings. The van der Waals surface area contributed by atoms with E-state index in [4.69, 9.17) is 9.47 Å². The van der Waals surface area contributed by atoms with Crippen molar-refractivity contribution in [3.8, 4) is 22.3 Å². The third-order valence-corrected chi connectivity index (χ3v) is 6.34. The van der Waals surface area contributed by atoms with Crippen LogP contribution in [0.3, 0.4) is 0 Å². The molecule has 0 bridgehead atoms. The first-order valence-corrected chi connectivity index (χ1v) is 11.9. The van der Waals surface area contributed by atoms with Gasteiger partial charge in [-0.05, 0) is 29.5 Å². The minimum absolute atomic E-state index is 0.00696. The van der Waals surface area contributed by atoms with Crippen molar-refractivity contribution in [3.05, 3.63) is 95.6 Å². The summed E-state index contributed by atoms with van der Waals surface area (Å²) in [5.41, 5.74) is 1.38. The van der Waals surface area contributed by atoms with Gasteiger partial charge in [0.1, 0.15) is 0 Å². The summed E-state index contributed by atoms with van der Waals surface area (Å²) in [6.07, 6.45) is 3.96.